The number of amides is 1. The van der Waals surface area contributed by atoms with Gasteiger partial charge in [0.15, 0.2) is 11.5 Å². The highest BCUT2D eigenvalue weighted by Gasteiger charge is 2.37. The van der Waals surface area contributed by atoms with Crippen LogP contribution in [0.25, 0.3) is 0 Å². The van der Waals surface area contributed by atoms with Crippen LogP contribution in [0.2, 0.25) is 0 Å². The summed E-state index contributed by atoms with van der Waals surface area (Å²) in [5.74, 6) is 0.965. The van der Waals surface area contributed by atoms with Crippen molar-refractivity contribution >= 4 is 12.1 Å². The van der Waals surface area contributed by atoms with Gasteiger partial charge in [-0.15, -0.1) is 0 Å². The molecule has 1 aliphatic carbocycles. The van der Waals surface area contributed by atoms with E-state index in [0.29, 0.717) is 30.1 Å². The third kappa shape index (κ3) is 7.02. The molecule has 3 aromatic carbocycles. The van der Waals surface area contributed by atoms with Crippen LogP contribution in [-0.4, -0.2) is 42.6 Å². The molecule has 1 N–H and O–H groups in total. The number of esters is 1. The predicted molar refractivity (Wildman–Crippen MR) is 153 cm³/mol. The largest absolute Gasteiger partial charge is 0.485 e. The molecule has 2 aliphatic rings. The zero-order valence-corrected chi connectivity index (χ0v) is 23.1. The average Bonchev–Trinajstić information content (AvgIpc) is 2.99. The summed E-state index contributed by atoms with van der Waals surface area (Å²) in [5, 5.41) is 2.56. The van der Waals surface area contributed by atoms with Gasteiger partial charge >= 0.3 is 12.1 Å². The van der Waals surface area contributed by atoms with Crippen molar-refractivity contribution in [2.45, 2.75) is 58.3 Å². The molecular weight excluding hydrogens is 504 g/mol. The van der Waals surface area contributed by atoms with E-state index >= 15 is 0 Å². The van der Waals surface area contributed by atoms with E-state index in [2.05, 4.69) is 23.2 Å². The van der Waals surface area contributed by atoms with Gasteiger partial charge in [-0.1, -0.05) is 73.7 Å². The van der Waals surface area contributed by atoms with Crippen LogP contribution in [0.1, 0.15) is 48.4 Å². The predicted octanol–water partition coefficient (Wildman–Crippen LogP) is 5.69. The number of piperidine rings is 1. The van der Waals surface area contributed by atoms with E-state index in [9.17, 15) is 9.59 Å². The Morgan fingerprint density at radius 2 is 1.65 bits per heavy atom. The Morgan fingerprint density at radius 1 is 0.925 bits per heavy atom. The maximum Gasteiger partial charge on any atom is 0.413 e. The minimum atomic E-state index is -0.701. The number of likely N-dealkylation sites (tertiary alicyclic amines) is 1. The van der Waals surface area contributed by atoms with Gasteiger partial charge in [-0.05, 0) is 73.9 Å². The van der Waals surface area contributed by atoms with Gasteiger partial charge in [0, 0.05) is 11.6 Å². The highest BCUT2D eigenvalue weighted by Crippen LogP contribution is 2.43. The standard InChI is InChI=1S/C33H38N2O5/c1-2-17-35-18-9-14-27-19-28-26(20-29(27)35)15-16-30(38-22-24-10-5-3-6-11-24)32(28)40-33(37)34-21-31(36)39-23-25-12-7-4-8-13-25/h3-8,10-13,15-16,27,29H,2,9,14,17-23H2,1H3,(H,34,37)/t27-,29-/m1/s1. The quantitative estimate of drug-likeness (QED) is 0.332. The lowest BCUT2D eigenvalue weighted by Crippen LogP contribution is -2.49. The topological polar surface area (TPSA) is 77.1 Å². The summed E-state index contributed by atoms with van der Waals surface area (Å²) in [6.07, 6.45) is 4.56. The van der Waals surface area contributed by atoms with Gasteiger partial charge in [0.2, 0.25) is 0 Å². The number of nitrogens with one attached hydrogen (secondary N) is 1. The lowest BCUT2D eigenvalue weighted by Gasteiger charge is -2.45. The lowest BCUT2D eigenvalue weighted by atomic mass is 9.75. The number of fused-ring (bicyclic) bond motifs is 2. The van der Waals surface area contributed by atoms with Crippen LogP contribution >= 0.6 is 0 Å². The van der Waals surface area contributed by atoms with Gasteiger partial charge in [-0.3, -0.25) is 9.69 Å². The molecule has 1 saturated heterocycles. The molecule has 210 valence electrons. The van der Waals surface area contributed by atoms with Gasteiger partial charge in [-0.25, -0.2) is 4.79 Å². The number of hydrogen-bond acceptors (Lipinski definition) is 6. The molecule has 7 nitrogen and oxygen atoms in total. The fourth-order valence-electron chi connectivity index (χ4n) is 5.88. The van der Waals surface area contributed by atoms with Crippen molar-refractivity contribution < 1.29 is 23.8 Å². The van der Waals surface area contributed by atoms with Gasteiger partial charge in [0.05, 0.1) is 0 Å². The second-order valence-electron chi connectivity index (χ2n) is 10.6. The van der Waals surface area contributed by atoms with Gasteiger partial charge in [0.25, 0.3) is 0 Å². The van der Waals surface area contributed by atoms with E-state index in [1.807, 2.05) is 66.7 Å². The maximum atomic E-state index is 12.9. The second-order valence-corrected chi connectivity index (χ2v) is 10.6. The first kappa shape index (κ1) is 27.7. The Balaban J connectivity index is 1.29. The summed E-state index contributed by atoms with van der Waals surface area (Å²) in [5.41, 5.74) is 4.14. The summed E-state index contributed by atoms with van der Waals surface area (Å²) in [4.78, 5) is 27.8. The lowest BCUT2D eigenvalue weighted by molar-refractivity contribution is -0.143. The smallest absolute Gasteiger partial charge is 0.413 e. The molecule has 2 atom stereocenters. The highest BCUT2D eigenvalue weighted by molar-refractivity contribution is 5.79. The molecule has 1 amide bonds. The molecule has 0 bridgehead atoms. The van der Waals surface area contributed by atoms with E-state index in [1.165, 1.54) is 12.0 Å². The van der Waals surface area contributed by atoms with Crippen molar-refractivity contribution in [3.63, 3.8) is 0 Å². The molecule has 0 unspecified atom stereocenters. The molecule has 0 spiro atoms. The molecule has 1 fully saturated rings. The van der Waals surface area contributed by atoms with Crippen molar-refractivity contribution in [2.75, 3.05) is 19.6 Å². The van der Waals surface area contributed by atoms with Crippen LogP contribution in [0.5, 0.6) is 11.5 Å². The summed E-state index contributed by atoms with van der Waals surface area (Å²) >= 11 is 0. The molecule has 5 rings (SSSR count). The Labute approximate surface area is 236 Å². The second kappa shape index (κ2) is 13.5. The first-order chi connectivity index (χ1) is 19.6. The molecule has 7 heteroatoms. The van der Waals surface area contributed by atoms with E-state index in [1.54, 1.807) is 0 Å². The van der Waals surface area contributed by atoms with E-state index in [-0.39, 0.29) is 13.2 Å². The van der Waals surface area contributed by atoms with Crippen molar-refractivity contribution in [1.82, 2.24) is 10.2 Å². The molecule has 40 heavy (non-hydrogen) atoms. The van der Waals surface area contributed by atoms with Gasteiger partial charge in [0.1, 0.15) is 19.8 Å². The van der Waals surface area contributed by atoms with Crippen LogP contribution < -0.4 is 14.8 Å². The number of benzene rings is 3. The minimum Gasteiger partial charge on any atom is -0.485 e. The van der Waals surface area contributed by atoms with Crippen LogP contribution in [0, 0.1) is 5.92 Å². The maximum absolute atomic E-state index is 12.9. The fraction of sp³-hybridized carbons (Fsp3) is 0.394. The summed E-state index contributed by atoms with van der Waals surface area (Å²) in [6.45, 7) is 4.73. The van der Waals surface area contributed by atoms with Gasteiger partial charge in [-0.2, -0.15) is 0 Å². The van der Waals surface area contributed by atoms with Crippen LogP contribution in [0.4, 0.5) is 4.79 Å². The molecule has 1 aliphatic heterocycles. The van der Waals surface area contributed by atoms with E-state index in [0.717, 1.165) is 55.5 Å². The van der Waals surface area contributed by atoms with E-state index in [4.69, 9.17) is 14.2 Å². The fourth-order valence-corrected chi connectivity index (χ4v) is 5.88. The Bertz CT molecular complexity index is 1280. The van der Waals surface area contributed by atoms with Crippen LogP contribution in [-0.2, 0) is 35.6 Å². The molecule has 0 radical (unpaired) electrons. The third-order valence-electron chi connectivity index (χ3n) is 7.81. The number of nitrogens with zero attached hydrogens (tertiary/aromatic N) is 1. The molecule has 0 aromatic heterocycles. The number of hydrogen-bond donors (Lipinski definition) is 1. The zero-order valence-electron chi connectivity index (χ0n) is 23.1. The van der Waals surface area contributed by atoms with Crippen LogP contribution in [0.3, 0.4) is 0 Å². The Kier molecular flexibility index (Phi) is 9.34. The van der Waals surface area contributed by atoms with Crippen molar-refractivity contribution in [1.29, 1.82) is 0 Å². The Morgan fingerprint density at radius 3 is 2.38 bits per heavy atom. The summed E-state index contributed by atoms with van der Waals surface area (Å²) < 4.78 is 17.4. The monoisotopic (exact) mass is 542 g/mol. The number of carbonyl (C=O) groups excluding carboxylic acids is 2. The normalized spacial score (nSPS) is 18.2. The summed E-state index contributed by atoms with van der Waals surface area (Å²) in [7, 11) is 0. The van der Waals surface area contributed by atoms with Gasteiger partial charge < -0.3 is 19.5 Å². The van der Waals surface area contributed by atoms with Crippen molar-refractivity contribution in [3.8, 4) is 11.5 Å². The van der Waals surface area contributed by atoms with Crippen molar-refractivity contribution in [2.24, 2.45) is 5.92 Å². The van der Waals surface area contributed by atoms with E-state index < -0.39 is 12.1 Å². The summed E-state index contributed by atoms with van der Waals surface area (Å²) in [6, 6.07) is 23.9. The first-order valence-corrected chi connectivity index (χ1v) is 14.3. The SMILES string of the molecule is CCCN1CCC[C@@H]2Cc3c(ccc(OCc4ccccc4)c3OC(=O)NCC(=O)OCc3ccccc3)C[C@H]21. The molecule has 3 aromatic rings. The number of rotatable bonds is 10. The zero-order chi connectivity index (χ0) is 27.7. The minimum absolute atomic E-state index is 0.150. The molecule has 1 heterocycles. The number of carbonyl (C=O) groups is 2. The van der Waals surface area contributed by atoms with Crippen LogP contribution in [0.15, 0.2) is 72.8 Å². The Hall–Kier alpha value is -3.84. The average molecular weight is 543 g/mol. The third-order valence-corrected chi connectivity index (χ3v) is 7.81. The highest BCUT2D eigenvalue weighted by atomic mass is 16.6. The van der Waals surface area contributed by atoms with Crippen molar-refractivity contribution in [3.05, 3.63) is 95.1 Å². The molecular formula is C33H38N2O5. The molecule has 0 saturated carbocycles. The first-order valence-electron chi connectivity index (χ1n) is 14.3. The number of ether oxygens (including phenoxy) is 3.